The molecule has 0 saturated heterocycles. The number of phenolic OH excluding ortho intramolecular Hbond substituents is 1. The lowest BCUT2D eigenvalue weighted by Gasteiger charge is -2.05. The molecule has 0 radical (unpaired) electrons. The van der Waals surface area contributed by atoms with Crippen LogP contribution in [0, 0.1) is 0 Å². The SMILES string of the molecule is CCS(=O)CCNC(=O)Cc1cccc(O)c1. The van der Waals surface area contributed by atoms with E-state index in [4.69, 9.17) is 0 Å². The second kappa shape index (κ2) is 7.06. The number of rotatable bonds is 6. The molecule has 0 aliphatic rings. The van der Waals surface area contributed by atoms with E-state index in [-0.39, 0.29) is 18.1 Å². The predicted molar refractivity (Wildman–Crippen MR) is 68.4 cm³/mol. The van der Waals surface area contributed by atoms with Gasteiger partial charge in [-0.15, -0.1) is 0 Å². The average Bonchev–Trinajstić information content (AvgIpc) is 2.28. The summed E-state index contributed by atoms with van der Waals surface area (Å²) in [4.78, 5) is 11.5. The summed E-state index contributed by atoms with van der Waals surface area (Å²) in [6, 6.07) is 6.60. The van der Waals surface area contributed by atoms with E-state index in [2.05, 4.69) is 5.32 Å². The fraction of sp³-hybridized carbons (Fsp3) is 0.417. The minimum Gasteiger partial charge on any atom is -0.508 e. The molecule has 1 unspecified atom stereocenters. The maximum absolute atomic E-state index is 11.5. The molecule has 5 heteroatoms. The smallest absolute Gasteiger partial charge is 0.224 e. The molecular weight excluding hydrogens is 238 g/mol. The summed E-state index contributed by atoms with van der Waals surface area (Å²) in [5.41, 5.74) is 0.763. The predicted octanol–water partition coefficient (Wildman–Crippen LogP) is 0.819. The molecule has 0 heterocycles. The van der Waals surface area contributed by atoms with Gasteiger partial charge in [0.05, 0.1) is 6.42 Å². The van der Waals surface area contributed by atoms with Crippen LogP contribution in [-0.4, -0.2) is 33.3 Å². The zero-order chi connectivity index (χ0) is 12.7. The van der Waals surface area contributed by atoms with Crippen molar-refractivity contribution in [1.82, 2.24) is 5.32 Å². The van der Waals surface area contributed by atoms with Gasteiger partial charge in [-0.2, -0.15) is 0 Å². The summed E-state index contributed by atoms with van der Waals surface area (Å²) in [6.45, 7) is 2.28. The summed E-state index contributed by atoms with van der Waals surface area (Å²) in [7, 11) is -0.848. The molecule has 0 bridgehead atoms. The molecule has 1 rings (SSSR count). The maximum Gasteiger partial charge on any atom is 0.224 e. The standard InChI is InChI=1S/C12H17NO3S/c1-2-17(16)7-6-13-12(15)9-10-4-3-5-11(14)8-10/h3-5,8,14H,2,6-7,9H2,1H3,(H,13,15). The number of nitrogens with one attached hydrogen (secondary N) is 1. The van der Waals surface area contributed by atoms with Crippen LogP contribution in [0.4, 0.5) is 0 Å². The number of amides is 1. The Kier molecular flexibility index (Phi) is 5.69. The van der Waals surface area contributed by atoms with Crippen molar-refractivity contribution in [3.05, 3.63) is 29.8 Å². The maximum atomic E-state index is 11.5. The van der Waals surface area contributed by atoms with E-state index in [1.165, 1.54) is 0 Å². The first-order valence-electron chi connectivity index (χ1n) is 5.51. The Labute approximate surface area is 104 Å². The highest BCUT2D eigenvalue weighted by molar-refractivity contribution is 7.84. The second-order valence-electron chi connectivity index (χ2n) is 3.63. The topological polar surface area (TPSA) is 66.4 Å². The van der Waals surface area contributed by atoms with Crippen LogP contribution in [0.3, 0.4) is 0 Å². The van der Waals surface area contributed by atoms with Gasteiger partial charge in [0, 0.05) is 28.9 Å². The molecule has 1 atom stereocenters. The van der Waals surface area contributed by atoms with Crippen LogP contribution < -0.4 is 5.32 Å². The number of carbonyl (C=O) groups excluding carboxylic acids is 1. The van der Waals surface area contributed by atoms with Gasteiger partial charge in [-0.1, -0.05) is 19.1 Å². The molecule has 0 saturated carbocycles. The highest BCUT2D eigenvalue weighted by atomic mass is 32.2. The van der Waals surface area contributed by atoms with E-state index in [0.717, 1.165) is 5.56 Å². The summed E-state index contributed by atoms with van der Waals surface area (Å²) in [5, 5.41) is 11.9. The zero-order valence-electron chi connectivity index (χ0n) is 9.81. The first kappa shape index (κ1) is 13.7. The summed E-state index contributed by atoms with van der Waals surface area (Å²) < 4.78 is 11.1. The van der Waals surface area contributed by atoms with Gasteiger partial charge in [0.1, 0.15) is 5.75 Å². The first-order chi connectivity index (χ1) is 8.11. The van der Waals surface area contributed by atoms with E-state index in [1.54, 1.807) is 24.3 Å². The largest absolute Gasteiger partial charge is 0.508 e. The molecule has 17 heavy (non-hydrogen) atoms. The number of carbonyl (C=O) groups is 1. The fourth-order valence-electron chi connectivity index (χ4n) is 1.36. The summed E-state index contributed by atoms with van der Waals surface area (Å²) >= 11 is 0. The van der Waals surface area contributed by atoms with Gasteiger partial charge < -0.3 is 10.4 Å². The lowest BCUT2D eigenvalue weighted by atomic mass is 10.1. The van der Waals surface area contributed by atoms with Crippen LogP contribution >= 0.6 is 0 Å². The van der Waals surface area contributed by atoms with Gasteiger partial charge in [-0.05, 0) is 17.7 Å². The Bertz CT molecular complexity index is 406. The van der Waals surface area contributed by atoms with Crippen molar-refractivity contribution in [3.63, 3.8) is 0 Å². The van der Waals surface area contributed by atoms with Gasteiger partial charge in [-0.3, -0.25) is 9.00 Å². The van der Waals surface area contributed by atoms with Crippen molar-refractivity contribution in [2.45, 2.75) is 13.3 Å². The van der Waals surface area contributed by atoms with Crippen molar-refractivity contribution >= 4 is 16.7 Å². The molecule has 0 spiro atoms. The number of aromatic hydroxyl groups is 1. The third-order valence-electron chi connectivity index (χ3n) is 2.25. The molecule has 0 aromatic heterocycles. The van der Waals surface area contributed by atoms with Crippen molar-refractivity contribution in [2.75, 3.05) is 18.1 Å². The van der Waals surface area contributed by atoms with Gasteiger partial charge in [0.2, 0.25) is 5.91 Å². The van der Waals surface area contributed by atoms with Crippen molar-refractivity contribution in [1.29, 1.82) is 0 Å². The summed E-state index contributed by atoms with van der Waals surface area (Å²) in [5.74, 6) is 1.14. The molecule has 1 aromatic rings. The van der Waals surface area contributed by atoms with Gasteiger partial charge in [0.25, 0.3) is 0 Å². The van der Waals surface area contributed by atoms with E-state index >= 15 is 0 Å². The van der Waals surface area contributed by atoms with Crippen LogP contribution in [-0.2, 0) is 22.0 Å². The zero-order valence-corrected chi connectivity index (χ0v) is 10.6. The minimum absolute atomic E-state index is 0.122. The Morgan fingerprint density at radius 1 is 1.47 bits per heavy atom. The third kappa shape index (κ3) is 5.49. The number of hydrogen-bond acceptors (Lipinski definition) is 3. The van der Waals surface area contributed by atoms with Crippen molar-refractivity contribution < 1.29 is 14.1 Å². The van der Waals surface area contributed by atoms with Crippen LogP contribution in [0.25, 0.3) is 0 Å². The quantitative estimate of drug-likeness (QED) is 0.791. The third-order valence-corrected chi connectivity index (χ3v) is 3.55. The molecule has 1 amide bonds. The Balaban J connectivity index is 2.32. The number of hydrogen-bond donors (Lipinski definition) is 2. The second-order valence-corrected chi connectivity index (χ2v) is 5.49. The Hall–Kier alpha value is -1.36. The van der Waals surface area contributed by atoms with Crippen molar-refractivity contribution in [3.8, 4) is 5.75 Å². The van der Waals surface area contributed by atoms with Gasteiger partial charge >= 0.3 is 0 Å². The molecule has 4 nitrogen and oxygen atoms in total. The van der Waals surface area contributed by atoms with Crippen LogP contribution in [0.1, 0.15) is 12.5 Å². The van der Waals surface area contributed by atoms with Gasteiger partial charge in [-0.25, -0.2) is 0 Å². The normalized spacial score (nSPS) is 12.1. The monoisotopic (exact) mass is 255 g/mol. The highest BCUT2D eigenvalue weighted by Crippen LogP contribution is 2.10. The van der Waals surface area contributed by atoms with Crippen LogP contribution in [0.2, 0.25) is 0 Å². The Morgan fingerprint density at radius 3 is 2.88 bits per heavy atom. The molecule has 0 aliphatic carbocycles. The average molecular weight is 255 g/mol. The molecule has 1 aromatic carbocycles. The Morgan fingerprint density at radius 2 is 2.24 bits per heavy atom. The molecule has 2 N–H and O–H groups in total. The van der Waals surface area contributed by atoms with E-state index in [1.807, 2.05) is 6.92 Å². The lowest BCUT2D eigenvalue weighted by Crippen LogP contribution is -2.29. The number of phenols is 1. The van der Waals surface area contributed by atoms with Crippen LogP contribution in [0.15, 0.2) is 24.3 Å². The van der Waals surface area contributed by atoms with Gasteiger partial charge in [0.15, 0.2) is 0 Å². The van der Waals surface area contributed by atoms with Crippen LogP contribution in [0.5, 0.6) is 5.75 Å². The highest BCUT2D eigenvalue weighted by Gasteiger charge is 2.04. The molecule has 0 aliphatic heterocycles. The van der Waals surface area contributed by atoms with E-state index in [9.17, 15) is 14.1 Å². The minimum atomic E-state index is -0.848. The first-order valence-corrected chi connectivity index (χ1v) is 7.00. The van der Waals surface area contributed by atoms with E-state index < -0.39 is 10.8 Å². The van der Waals surface area contributed by atoms with E-state index in [0.29, 0.717) is 18.1 Å². The van der Waals surface area contributed by atoms with Crippen molar-refractivity contribution in [2.24, 2.45) is 0 Å². The molecule has 94 valence electrons. The lowest BCUT2D eigenvalue weighted by molar-refractivity contribution is -0.120. The number of benzene rings is 1. The summed E-state index contributed by atoms with van der Waals surface area (Å²) in [6.07, 6.45) is 0.229. The molecular formula is C12H17NO3S. The molecule has 0 fully saturated rings. The fourth-order valence-corrected chi connectivity index (χ4v) is 1.98.